The lowest BCUT2D eigenvalue weighted by atomic mass is 10.1. The highest BCUT2D eigenvalue weighted by Gasteiger charge is 2.27. The molecule has 1 saturated heterocycles. The second-order valence-corrected chi connectivity index (χ2v) is 6.39. The Morgan fingerprint density at radius 2 is 2.04 bits per heavy atom. The molecule has 0 N–H and O–H groups in total. The molecule has 2 aromatic rings. The fraction of sp³-hybridized carbons (Fsp3) is 0.471. The number of ether oxygens (including phenoxy) is 1. The highest BCUT2D eigenvalue weighted by atomic mass is 16.5. The van der Waals surface area contributed by atoms with E-state index in [0.717, 1.165) is 17.5 Å². The van der Waals surface area contributed by atoms with Crippen molar-refractivity contribution in [2.45, 2.75) is 18.9 Å². The number of hydrogen-bond donors (Lipinski definition) is 0. The molecule has 2 aromatic heterocycles. The Morgan fingerprint density at radius 3 is 2.77 bits per heavy atom. The van der Waals surface area contributed by atoms with E-state index in [-0.39, 0.29) is 23.3 Å². The van der Waals surface area contributed by atoms with Gasteiger partial charge in [0.15, 0.2) is 5.82 Å². The molecule has 1 fully saturated rings. The molecular weight excluding hydrogens is 336 g/mol. The van der Waals surface area contributed by atoms with Gasteiger partial charge in [0.25, 0.3) is 17.3 Å². The van der Waals surface area contributed by atoms with Crippen molar-refractivity contribution in [1.29, 1.82) is 0 Å². The highest BCUT2D eigenvalue weighted by molar-refractivity contribution is 5.92. The summed E-state index contributed by atoms with van der Waals surface area (Å²) in [6, 6.07) is 2.81. The van der Waals surface area contributed by atoms with Crippen LogP contribution < -0.4 is 15.2 Å². The number of carbonyl (C=O) groups is 1. The zero-order valence-corrected chi connectivity index (χ0v) is 15.1. The summed E-state index contributed by atoms with van der Waals surface area (Å²) in [6.07, 6.45) is 4.68. The summed E-state index contributed by atoms with van der Waals surface area (Å²) in [7, 11) is 5.27. The number of aryl methyl sites for hydroxylation is 1. The predicted molar refractivity (Wildman–Crippen MR) is 95.4 cm³/mol. The maximum absolute atomic E-state index is 12.7. The number of aromatic nitrogens is 4. The normalized spacial score (nSPS) is 17.0. The third kappa shape index (κ3) is 3.81. The van der Waals surface area contributed by atoms with Crippen LogP contribution in [0.25, 0.3) is 0 Å². The van der Waals surface area contributed by atoms with Crippen LogP contribution in [0.15, 0.2) is 29.3 Å². The van der Waals surface area contributed by atoms with Crippen molar-refractivity contribution in [3.63, 3.8) is 0 Å². The van der Waals surface area contributed by atoms with Crippen LogP contribution >= 0.6 is 0 Å². The highest BCUT2D eigenvalue weighted by Crippen LogP contribution is 2.24. The number of carbonyl (C=O) groups excluding carboxylic acids is 1. The smallest absolute Gasteiger partial charge is 0.274 e. The summed E-state index contributed by atoms with van der Waals surface area (Å²) in [5.74, 6) is 0.897. The molecule has 26 heavy (non-hydrogen) atoms. The summed E-state index contributed by atoms with van der Waals surface area (Å²) in [5, 5.41) is 4.04. The van der Waals surface area contributed by atoms with Crippen molar-refractivity contribution >= 4 is 11.7 Å². The second kappa shape index (κ2) is 7.51. The van der Waals surface area contributed by atoms with Crippen LogP contribution in [0, 0.1) is 0 Å². The van der Waals surface area contributed by atoms with Crippen LogP contribution in [-0.2, 0) is 7.05 Å². The molecule has 3 rings (SSSR count). The molecule has 3 heterocycles. The zero-order chi connectivity index (χ0) is 18.7. The van der Waals surface area contributed by atoms with Gasteiger partial charge in [0.05, 0.1) is 6.54 Å². The lowest BCUT2D eigenvalue weighted by molar-refractivity contribution is 0.0521. The third-order valence-electron chi connectivity index (χ3n) is 4.19. The van der Waals surface area contributed by atoms with Crippen molar-refractivity contribution in [1.82, 2.24) is 24.6 Å². The van der Waals surface area contributed by atoms with Crippen LogP contribution in [-0.4, -0.2) is 63.8 Å². The van der Waals surface area contributed by atoms with Crippen LogP contribution in [0.4, 0.5) is 5.82 Å². The van der Waals surface area contributed by atoms with Crippen LogP contribution in [0.3, 0.4) is 0 Å². The summed E-state index contributed by atoms with van der Waals surface area (Å²) in [6.45, 7) is 1.07. The van der Waals surface area contributed by atoms with Gasteiger partial charge in [-0.2, -0.15) is 5.10 Å². The van der Waals surface area contributed by atoms with Crippen LogP contribution in [0.2, 0.25) is 0 Å². The first-order valence-electron chi connectivity index (χ1n) is 8.44. The quantitative estimate of drug-likeness (QED) is 0.777. The summed E-state index contributed by atoms with van der Waals surface area (Å²) in [4.78, 5) is 36.2. The molecule has 138 valence electrons. The summed E-state index contributed by atoms with van der Waals surface area (Å²) >= 11 is 0. The van der Waals surface area contributed by atoms with Gasteiger partial charge >= 0.3 is 0 Å². The van der Waals surface area contributed by atoms with Gasteiger partial charge in [0, 0.05) is 46.1 Å². The van der Waals surface area contributed by atoms with E-state index in [9.17, 15) is 9.59 Å². The van der Waals surface area contributed by atoms with E-state index in [0.29, 0.717) is 24.8 Å². The molecule has 0 unspecified atom stereocenters. The maximum atomic E-state index is 12.7. The maximum Gasteiger partial charge on any atom is 0.274 e. The topological polar surface area (TPSA) is 93.5 Å². The Kier molecular flexibility index (Phi) is 5.15. The van der Waals surface area contributed by atoms with Crippen molar-refractivity contribution < 1.29 is 9.53 Å². The number of rotatable bonds is 4. The lowest BCUT2D eigenvalue weighted by Gasteiger charge is -2.32. The van der Waals surface area contributed by atoms with E-state index in [1.807, 2.05) is 19.0 Å². The van der Waals surface area contributed by atoms with Gasteiger partial charge in [-0.3, -0.25) is 9.59 Å². The van der Waals surface area contributed by atoms with E-state index in [1.54, 1.807) is 17.3 Å². The minimum absolute atomic E-state index is 0.171. The molecule has 9 nitrogen and oxygen atoms in total. The summed E-state index contributed by atoms with van der Waals surface area (Å²) in [5.41, 5.74) is 0.00139. The largest absolute Gasteiger partial charge is 0.470 e. The molecule has 0 spiro atoms. The van der Waals surface area contributed by atoms with Gasteiger partial charge in [-0.05, 0) is 18.9 Å². The number of hydrogen-bond acceptors (Lipinski definition) is 7. The van der Waals surface area contributed by atoms with Crippen molar-refractivity contribution in [3.8, 4) is 5.88 Å². The molecule has 0 radical (unpaired) electrons. The Morgan fingerprint density at radius 1 is 1.27 bits per heavy atom. The van der Waals surface area contributed by atoms with Gasteiger partial charge < -0.3 is 14.5 Å². The van der Waals surface area contributed by atoms with E-state index in [2.05, 4.69) is 15.1 Å². The van der Waals surface area contributed by atoms with Crippen LogP contribution in [0.5, 0.6) is 5.88 Å². The minimum Gasteiger partial charge on any atom is -0.470 e. The van der Waals surface area contributed by atoms with Crippen molar-refractivity contribution in [3.05, 3.63) is 40.6 Å². The number of amides is 1. The average molecular weight is 358 g/mol. The molecule has 1 atom stereocenters. The van der Waals surface area contributed by atoms with E-state index in [4.69, 9.17) is 4.74 Å². The first-order chi connectivity index (χ1) is 12.5. The summed E-state index contributed by atoms with van der Waals surface area (Å²) < 4.78 is 7.18. The Bertz CT molecular complexity index is 850. The van der Waals surface area contributed by atoms with Crippen LogP contribution in [0.1, 0.15) is 23.3 Å². The Balaban J connectivity index is 1.72. The molecule has 0 aromatic carbocycles. The average Bonchev–Trinajstić information content (AvgIpc) is 2.64. The monoisotopic (exact) mass is 358 g/mol. The van der Waals surface area contributed by atoms with Gasteiger partial charge in [0.2, 0.25) is 0 Å². The molecule has 1 amide bonds. The fourth-order valence-corrected chi connectivity index (χ4v) is 2.86. The van der Waals surface area contributed by atoms with E-state index in [1.165, 1.54) is 19.2 Å². The molecule has 0 bridgehead atoms. The third-order valence-corrected chi connectivity index (χ3v) is 4.19. The Labute approximate surface area is 151 Å². The number of anilines is 1. The Hall–Kier alpha value is -2.97. The van der Waals surface area contributed by atoms with Gasteiger partial charge in [-0.1, -0.05) is 0 Å². The van der Waals surface area contributed by atoms with Gasteiger partial charge in [-0.25, -0.2) is 14.6 Å². The molecule has 1 aliphatic heterocycles. The van der Waals surface area contributed by atoms with Crippen molar-refractivity contribution in [2.24, 2.45) is 7.05 Å². The lowest BCUT2D eigenvalue weighted by Crippen LogP contribution is -2.45. The van der Waals surface area contributed by atoms with Gasteiger partial charge in [-0.15, -0.1) is 0 Å². The molecule has 9 heteroatoms. The van der Waals surface area contributed by atoms with Gasteiger partial charge in [0.1, 0.15) is 11.8 Å². The molecule has 0 aliphatic carbocycles. The molecule has 0 saturated carbocycles. The second-order valence-electron chi connectivity index (χ2n) is 6.39. The van der Waals surface area contributed by atoms with E-state index < -0.39 is 0 Å². The first-order valence-corrected chi connectivity index (χ1v) is 8.44. The zero-order valence-electron chi connectivity index (χ0n) is 15.1. The van der Waals surface area contributed by atoms with E-state index >= 15 is 0 Å². The predicted octanol–water partition coefficient (Wildman–Crippen LogP) is 0.320. The fourth-order valence-electron chi connectivity index (χ4n) is 2.86. The minimum atomic E-state index is -0.250. The number of nitrogens with zero attached hydrogens (tertiary/aromatic N) is 6. The SMILES string of the molecule is CN(C)c1nccnc1O[C@H]1CCCN(C(=O)c2ccc(=O)n(C)n2)C1. The molecule has 1 aliphatic rings. The first kappa shape index (κ1) is 17.8. The number of likely N-dealkylation sites (tertiary alicyclic amines) is 1. The molecular formula is C17H22N6O3. The van der Waals surface area contributed by atoms with Crippen molar-refractivity contribution in [2.75, 3.05) is 32.1 Å². The standard InChI is InChI=1S/C17H22N6O3/c1-21(2)15-16(19-9-8-18-15)26-12-5-4-10-23(11-12)17(25)13-6-7-14(24)22(3)20-13/h6-9,12H,4-5,10-11H2,1-3H3/t12-/m0/s1. The number of piperidine rings is 1.